The van der Waals surface area contributed by atoms with Crippen LogP contribution in [0.5, 0.6) is 0 Å². The quantitative estimate of drug-likeness (QED) is 0.658. The van der Waals surface area contributed by atoms with E-state index in [-0.39, 0.29) is 12.5 Å². The molecule has 21 heavy (non-hydrogen) atoms. The van der Waals surface area contributed by atoms with Crippen molar-refractivity contribution >= 4 is 12.0 Å². The Hall–Kier alpha value is -1.26. The normalized spacial score (nSPS) is 36.5. The number of hydrogen-bond donors (Lipinski definition) is 3. The third-order valence-electron chi connectivity index (χ3n) is 5.64. The molecule has 4 rings (SSSR count). The number of amides is 2. The molecule has 0 aliphatic heterocycles. The van der Waals surface area contributed by atoms with E-state index in [0.29, 0.717) is 18.4 Å². The maximum atomic E-state index is 11.8. The monoisotopic (exact) mass is 294 g/mol. The molecular weight excluding hydrogens is 268 g/mol. The molecule has 0 spiro atoms. The molecule has 4 aliphatic carbocycles. The lowest BCUT2D eigenvalue weighted by Crippen LogP contribution is -2.52. The molecule has 0 unspecified atom stereocenters. The largest absolute Gasteiger partial charge is 0.481 e. The first-order chi connectivity index (χ1) is 10.0. The summed E-state index contributed by atoms with van der Waals surface area (Å²) in [5, 5.41) is 14.3. The summed E-state index contributed by atoms with van der Waals surface area (Å²) >= 11 is 0. The van der Waals surface area contributed by atoms with E-state index in [2.05, 4.69) is 10.6 Å². The second-order valence-corrected chi connectivity index (χ2v) is 7.52. The predicted octanol–water partition coefficient (Wildman–Crippen LogP) is 2.37. The van der Waals surface area contributed by atoms with Gasteiger partial charge in [0, 0.05) is 19.5 Å². The molecule has 4 fully saturated rings. The third kappa shape index (κ3) is 3.50. The van der Waals surface area contributed by atoms with Crippen LogP contribution in [0, 0.1) is 23.2 Å². The van der Waals surface area contributed by atoms with Crippen LogP contribution in [0.2, 0.25) is 0 Å². The lowest BCUT2D eigenvalue weighted by Gasteiger charge is -2.56. The SMILES string of the molecule is O=C(O)CCCNC(=O)NCC12CC3CC(CC(C3)C1)C2. The smallest absolute Gasteiger partial charge is 0.314 e. The summed E-state index contributed by atoms with van der Waals surface area (Å²) in [5.41, 5.74) is 0.354. The molecule has 0 aromatic rings. The van der Waals surface area contributed by atoms with Crippen molar-refractivity contribution in [2.24, 2.45) is 23.2 Å². The number of hydrogen-bond acceptors (Lipinski definition) is 2. The number of rotatable bonds is 6. The van der Waals surface area contributed by atoms with Gasteiger partial charge in [0.25, 0.3) is 0 Å². The molecular formula is C16H26N2O3. The molecule has 4 aliphatic rings. The van der Waals surface area contributed by atoms with Crippen LogP contribution in [-0.4, -0.2) is 30.2 Å². The van der Waals surface area contributed by atoms with Gasteiger partial charge >= 0.3 is 12.0 Å². The highest BCUT2D eigenvalue weighted by atomic mass is 16.4. The highest BCUT2D eigenvalue weighted by Gasteiger charge is 2.50. The standard InChI is InChI=1S/C16H26N2O3/c19-14(20)2-1-3-17-15(21)18-10-16-7-11-4-12(8-16)6-13(5-11)9-16/h11-13H,1-10H2,(H,19,20)(H2,17,18,21). The maximum absolute atomic E-state index is 11.8. The zero-order valence-electron chi connectivity index (χ0n) is 12.6. The van der Waals surface area contributed by atoms with Gasteiger partial charge in [-0.05, 0) is 68.1 Å². The van der Waals surface area contributed by atoms with Gasteiger partial charge in [0.05, 0.1) is 0 Å². The van der Waals surface area contributed by atoms with Crippen molar-refractivity contribution < 1.29 is 14.7 Å². The summed E-state index contributed by atoms with van der Waals surface area (Å²) in [6.45, 7) is 1.22. The average molecular weight is 294 g/mol. The molecule has 5 heteroatoms. The summed E-state index contributed by atoms with van der Waals surface area (Å²) in [4.78, 5) is 22.2. The van der Waals surface area contributed by atoms with Crippen LogP contribution in [0.4, 0.5) is 4.79 Å². The molecule has 0 atom stereocenters. The number of urea groups is 1. The Kier molecular flexibility index (Phi) is 4.09. The summed E-state index contributed by atoms with van der Waals surface area (Å²) in [6.07, 6.45) is 8.71. The van der Waals surface area contributed by atoms with Crippen LogP contribution in [0.1, 0.15) is 51.4 Å². The van der Waals surface area contributed by atoms with Crippen LogP contribution in [0.3, 0.4) is 0 Å². The molecule has 0 aromatic heterocycles. The molecule has 0 heterocycles. The maximum Gasteiger partial charge on any atom is 0.314 e. The molecule has 4 saturated carbocycles. The number of carbonyl (C=O) groups is 2. The Labute approximate surface area is 125 Å². The number of aliphatic carboxylic acids is 1. The van der Waals surface area contributed by atoms with Gasteiger partial charge in [-0.1, -0.05) is 0 Å². The number of nitrogens with one attached hydrogen (secondary N) is 2. The second-order valence-electron chi connectivity index (χ2n) is 7.52. The van der Waals surface area contributed by atoms with Crippen molar-refractivity contribution in [1.29, 1.82) is 0 Å². The fraction of sp³-hybridized carbons (Fsp3) is 0.875. The Balaban J connectivity index is 1.40. The van der Waals surface area contributed by atoms with E-state index in [9.17, 15) is 9.59 Å². The first-order valence-electron chi connectivity index (χ1n) is 8.28. The van der Waals surface area contributed by atoms with Crippen molar-refractivity contribution in [3.05, 3.63) is 0 Å². The minimum absolute atomic E-state index is 0.106. The molecule has 4 bridgehead atoms. The van der Waals surface area contributed by atoms with Gasteiger partial charge in [-0.2, -0.15) is 0 Å². The van der Waals surface area contributed by atoms with Gasteiger partial charge in [0.1, 0.15) is 0 Å². The molecule has 5 nitrogen and oxygen atoms in total. The van der Waals surface area contributed by atoms with Crippen LogP contribution in [0.15, 0.2) is 0 Å². The zero-order chi connectivity index (χ0) is 14.9. The van der Waals surface area contributed by atoms with E-state index in [0.717, 1.165) is 24.3 Å². The van der Waals surface area contributed by atoms with Gasteiger partial charge in [0.2, 0.25) is 0 Å². The van der Waals surface area contributed by atoms with E-state index in [1.54, 1.807) is 0 Å². The van der Waals surface area contributed by atoms with Crippen molar-refractivity contribution in [3.8, 4) is 0 Å². The molecule has 3 N–H and O–H groups in total. The fourth-order valence-corrected chi connectivity index (χ4v) is 5.28. The second kappa shape index (κ2) is 5.85. The lowest BCUT2D eigenvalue weighted by atomic mass is 9.49. The van der Waals surface area contributed by atoms with E-state index >= 15 is 0 Å². The fourth-order valence-electron chi connectivity index (χ4n) is 5.28. The number of carboxylic acid groups (broad SMARTS) is 1. The Morgan fingerprint density at radius 1 is 1.00 bits per heavy atom. The van der Waals surface area contributed by atoms with E-state index in [4.69, 9.17) is 5.11 Å². The van der Waals surface area contributed by atoms with Crippen LogP contribution < -0.4 is 10.6 Å². The first-order valence-corrected chi connectivity index (χ1v) is 8.28. The van der Waals surface area contributed by atoms with E-state index in [1.807, 2.05) is 0 Å². The van der Waals surface area contributed by atoms with Crippen LogP contribution in [0.25, 0.3) is 0 Å². The third-order valence-corrected chi connectivity index (χ3v) is 5.64. The molecule has 118 valence electrons. The minimum Gasteiger partial charge on any atom is -0.481 e. The summed E-state index contributed by atoms with van der Waals surface area (Å²) in [6, 6.07) is -0.142. The van der Waals surface area contributed by atoms with Crippen molar-refractivity contribution in [2.45, 2.75) is 51.4 Å². The van der Waals surface area contributed by atoms with Gasteiger partial charge in [-0.3, -0.25) is 4.79 Å². The van der Waals surface area contributed by atoms with Gasteiger partial charge in [0.15, 0.2) is 0 Å². The molecule has 2 amide bonds. The zero-order valence-corrected chi connectivity index (χ0v) is 12.6. The Bertz CT molecular complexity index is 386. The van der Waals surface area contributed by atoms with Gasteiger partial charge < -0.3 is 15.7 Å². The topological polar surface area (TPSA) is 78.4 Å². The summed E-state index contributed by atoms with van der Waals surface area (Å²) < 4.78 is 0. The summed E-state index contributed by atoms with van der Waals surface area (Å²) in [7, 11) is 0. The van der Waals surface area contributed by atoms with Crippen LogP contribution in [-0.2, 0) is 4.79 Å². The van der Waals surface area contributed by atoms with Crippen molar-refractivity contribution in [2.75, 3.05) is 13.1 Å². The van der Waals surface area contributed by atoms with Crippen molar-refractivity contribution in [3.63, 3.8) is 0 Å². The highest BCUT2D eigenvalue weighted by molar-refractivity contribution is 5.74. The Morgan fingerprint density at radius 2 is 1.57 bits per heavy atom. The van der Waals surface area contributed by atoms with Crippen molar-refractivity contribution in [1.82, 2.24) is 10.6 Å². The average Bonchev–Trinajstić information content (AvgIpc) is 2.40. The molecule has 0 radical (unpaired) electrons. The number of carbonyl (C=O) groups excluding carboxylic acids is 1. The predicted molar refractivity (Wildman–Crippen MR) is 78.9 cm³/mol. The highest BCUT2D eigenvalue weighted by Crippen LogP contribution is 2.59. The first kappa shape index (κ1) is 14.7. The molecule has 0 saturated heterocycles. The van der Waals surface area contributed by atoms with E-state index < -0.39 is 5.97 Å². The Morgan fingerprint density at radius 3 is 2.10 bits per heavy atom. The lowest BCUT2D eigenvalue weighted by molar-refractivity contribution is -0.137. The van der Waals surface area contributed by atoms with Gasteiger partial charge in [-0.15, -0.1) is 0 Å². The minimum atomic E-state index is -0.814. The summed E-state index contributed by atoms with van der Waals surface area (Å²) in [5.74, 6) is 1.89. The van der Waals surface area contributed by atoms with Gasteiger partial charge in [-0.25, -0.2) is 4.79 Å². The number of carboxylic acids is 1. The van der Waals surface area contributed by atoms with E-state index in [1.165, 1.54) is 38.5 Å². The molecule has 0 aromatic carbocycles. The van der Waals surface area contributed by atoms with Crippen LogP contribution >= 0.6 is 0 Å².